The van der Waals surface area contributed by atoms with Gasteiger partial charge in [0.05, 0.1) is 5.02 Å². The van der Waals surface area contributed by atoms with Crippen LogP contribution in [0.1, 0.15) is 24.0 Å². The van der Waals surface area contributed by atoms with Crippen LogP contribution in [0.4, 0.5) is 4.39 Å². The van der Waals surface area contributed by atoms with Crippen LogP contribution in [-0.4, -0.2) is 19.6 Å². The fourth-order valence-corrected chi connectivity index (χ4v) is 2.96. The molecule has 23 heavy (non-hydrogen) atoms. The van der Waals surface area contributed by atoms with Gasteiger partial charge in [-0.1, -0.05) is 24.6 Å². The molecule has 0 aliphatic rings. The van der Waals surface area contributed by atoms with Crippen LogP contribution >= 0.6 is 46.9 Å². The van der Waals surface area contributed by atoms with Crippen molar-refractivity contribution in [3.8, 4) is 0 Å². The molecule has 3 nitrogen and oxygen atoms in total. The molecule has 0 fully saturated rings. The minimum atomic E-state index is -0.405. The van der Waals surface area contributed by atoms with Crippen LogP contribution in [-0.2, 0) is 6.54 Å². The van der Waals surface area contributed by atoms with Crippen LogP contribution in [0.3, 0.4) is 0 Å². The molecule has 0 aliphatic heterocycles. The first-order valence-corrected chi connectivity index (χ1v) is 8.32. The molecule has 1 aromatic carbocycles. The summed E-state index contributed by atoms with van der Waals surface area (Å²) >= 11 is 7.48. The Morgan fingerprint density at radius 1 is 1.35 bits per heavy atom. The lowest BCUT2D eigenvalue weighted by molar-refractivity contribution is 0.627. The molecule has 0 bridgehead atoms. The third-order valence-corrected chi connectivity index (χ3v) is 4.35. The van der Waals surface area contributed by atoms with Gasteiger partial charge in [0.25, 0.3) is 0 Å². The van der Waals surface area contributed by atoms with Gasteiger partial charge in [0.15, 0.2) is 5.96 Å². The zero-order valence-electron chi connectivity index (χ0n) is 13.0. The smallest absolute Gasteiger partial charge is 0.191 e. The molecule has 2 rings (SSSR count). The number of halogens is 3. The summed E-state index contributed by atoms with van der Waals surface area (Å²) in [4.78, 5) is 4.19. The zero-order chi connectivity index (χ0) is 15.9. The van der Waals surface area contributed by atoms with E-state index in [1.165, 1.54) is 11.6 Å². The second-order valence-corrected chi connectivity index (χ2v) is 6.20. The molecule has 2 aromatic rings. The number of rotatable bonds is 5. The van der Waals surface area contributed by atoms with Crippen molar-refractivity contribution >= 4 is 52.9 Å². The maximum Gasteiger partial charge on any atom is 0.191 e. The predicted molar refractivity (Wildman–Crippen MR) is 108 cm³/mol. The third kappa shape index (κ3) is 6.27. The van der Waals surface area contributed by atoms with E-state index in [4.69, 9.17) is 11.6 Å². The summed E-state index contributed by atoms with van der Waals surface area (Å²) in [6.45, 7) is 3.50. The Morgan fingerprint density at radius 2 is 2.13 bits per heavy atom. The Labute approximate surface area is 162 Å². The van der Waals surface area contributed by atoms with Gasteiger partial charge in [-0.3, -0.25) is 4.99 Å². The highest BCUT2D eigenvalue weighted by Gasteiger charge is 2.07. The maximum atomic E-state index is 13.1. The highest BCUT2D eigenvalue weighted by atomic mass is 127. The Kier molecular flexibility index (Phi) is 8.86. The number of hydrogen-bond acceptors (Lipinski definition) is 2. The average molecular weight is 468 g/mol. The van der Waals surface area contributed by atoms with Gasteiger partial charge < -0.3 is 10.6 Å². The second-order valence-electron chi connectivity index (χ2n) is 5.01. The first-order chi connectivity index (χ1) is 10.6. The predicted octanol–water partition coefficient (Wildman–Crippen LogP) is 4.63. The Bertz CT molecular complexity index is 634. The van der Waals surface area contributed by atoms with Gasteiger partial charge >= 0.3 is 0 Å². The minimum absolute atomic E-state index is 0. The molecule has 1 atom stereocenters. The van der Waals surface area contributed by atoms with E-state index >= 15 is 0 Å². The number of guanidine groups is 1. The van der Waals surface area contributed by atoms with Crippen LogP contribution in [0.25, 0.3) is 0 Å². The minimum Gasteiger partial charge on any atom is -0.356 e. The molecule has 1 unspecified atom stereocenters. The van der Waals surface area contributed by atoms with Gasteiger partial charge in [0, 0.05) is 20.1 Å². The number of thiophene rings is 1. The van der Waals surface area contributed by atoms with Gasteiger partial charge in [-0.05, 0) is 46.0 Å². The van der Waals surface area contributed by atoms with Crippen molar-refractivity contribution in [1.82, 2.24) is 10.6 Å². The molecule has 2 N–H and O–H groups in total. The monoisotopic (exact) mass is 467 g/mol. The molecule has 0 spiro atoms. The van der Waals surface area contributed by atoms with E-state index in [1.54, 1.807) is 30.5 Å². The summed E-state index contributed by atoms with van der Waals surface area (Å²) in [5.74, 6) is 0.713. The molecule has 0 saturated carbocycles. The van der Waals surface area contributed by atoms with E-state index in [0.717, 1.165) is 12.1 Å². The van der Waals surface area contributed by atoms with Gasteiger partial charge in [0.2, 0.25) is 0 Å². The average Bonchev–Trinajstić information content (AvgIpc) is 3.05. The zero-order valence-corrected chi connectivity index (χ0v) is 16.9. The first-order valence-electron chi connectivity index (χ1n) is 7.00. The third-order valence-electron chi connectivity index (χ3n) is 3.36. The molecular weight excluding hydrogens is 448 g/mol. The van der Waals surface area contributed by atoms with E-state index in [0.29, 0.717) is 18.4 Å². The van der Waals surface area contributed by atoms with Gasteiger partial charge in [-0.25, -0.2) is 4.39 Å². The summed E-state index contributed by atoms with van der Waals surface area (Å²) in [6.07, 6.45) is 0. The summed E-state index contributed by atoms with van der Waals surface area (Å²) < 4.78 is 13.1. The van der Waals surface area contributed by atoms with E-state index < -0.39 is 5.82 Å². The molecule has 0 aliphatic carbocycles. The Hall–Kier alpha value is -0.860. The van der Waals surface area contributed by atoms with Crippen molar-refractivity contribution in [3.05, 3.63) is 57.0 Å². The van der Waals surface area contributed by atoms with E-state index in [-0.39, 0.29) is 29.0 Å². The molecular formula is C16H20ClFIN3S. The molecule has 0 amide bonds. The van der Waals surface area contributed by atoms with Crippen molar-refractivity contribution in [2.45, 2.75) is 19.4 Å². The van der Waals surface area contributed by atoms with Crippen LogP contribution < -0.4 is 10.6 Å². The summed E-state index contributed by atoms with van der Waals surface area (Å²) in [7, 11) is 1.72. The van der Waals surface area contributed by atoms with Crippen molar-refractivity contribution in [2.75, 3.05) is 13.6 Å². The summed E-state index contributed by atoms with van der Waals surface area (Å²) in [6, 6.07) is 6.82. The fraction of sp³-hybridized carbons (Fsp3) is 0.312. The summed E-state index contributed by atoms with van der Waals surface area (Å²) in [5, 5.41) is 10.9. The number of hydrogen-bond donors (Lipinski definition) is 2. The lowest BCUT2D eigenvalue weighted by Gasteiger charge is -2.15. The van der Waals surface area contributed by atoms with E-state index in [9.17, 15) is 4.39 Å². The highest BCUT2D eigenvalue weighted by Crippen LogP contribution is 2.17. The van der Waals surface area contributed by atoms with Crippen molar-refractivity contribution in [2.24, 2.45) is 4.99 Å². The van der Waals surface area contributed by atoms with Crippen molar-refractivity contribution in [3.63, 3.8) is 0 Å². The summed E-state index contributed by atoms with van der Waals surface area (Å²) in [5.41, 5.74) is 2.22. The number of nitrogens with zero attached hydrogens (tertiary/aromatic N) is 1. The van der Waals surface area contributed by atoms with Crippen LogP contribution in [0.5, 0.6) is 0 Å². The van der Waals surface area contributed by atoms with Crippen molar-refractivity contribution < 1.29 is 4.39 Å². The van der Waals surface area contributed by atoms with Crippen LogP contribution in [0.2, 0.25) is 5.02 Å². The van der Waals surface area contributed by atoms with Crippen molar-refractivity contribution in [1.29, 1.82) is 0 Å². The molecule has 7 heteroatoms. The lowest BCUT2D eigenvalue weighted by atomic mass is 10.1. The first kappa shape index (κ1) is 20.2. The van der Waals surface area contributed by atoms with E-state index in [2.05, 4.69) is 39.4 Å². The second kappa shape index (κ2) is 10.1. The number of benzene rings is 1. The molecule has 0 radical (unpaired) electrons. The van der Waals surface area contributed by atoms with Crippen LogP contribution in [0, 0.1) is 5.82 Å². The van der Waals surface area contributed by atoms with E-state index in [1.807, 2.05) is 0 Å². The lowest BCUT2D eigenvalue weighted by Crippen LogP contribution is -2.38. The maximum absolute atomic E-state index is 13.1. The molecule has 1 heterocycles. The molecule has 1 aromatic heterocycles. The quantitative estimate of drug-likeness (QED) is 0.382. The molecule has 126 valence electrons. The number of aliphatic imine (C=N–C) groups is 1. The van der Waals surface area contributed by atoms with Gasteiger partial charge in [-0.15, -0.1) is 24.0 Å². The van der Waals surface area contributed by atoms with Crippen LogP contribution in [0.15, 0.2) is 40.0 Å². The largest absolute Gasteiger partial charge is 0.356 e. The standard InChI is InChI=1S/C16H19ClFN3S.HI/c1-11(13-5-6-22-10-13)8-20-16(19-2)21-9-12-3-4-15(18)14(17)7-12;/h3-7,10-11H,8-9H2,1-2H3,(H2,19,20,21);1H. The SMILES string of the molecule is CN=C(NCc1ccc(F)c(Cl)c1)NCC(C)c1ccsc1.I. The number of nitrogens with one attached hydrogen (secondary N) is 2. The Balaban J connectivity index is 0.00000264. The van der Waals surface area contributed by atoms with Gasteiger partial charge in [-0.2, -0.15) is 11.3 Å². The normalized spacial score (nSPS) is 12.4. The highest BCUT2D eigenvalue weighted by molar-refractivity contribution is 14.0. The molecule has 0 saturated heterocycles. The van der Waals surface area contributed by atoms with Gasteiger partial charge in [0.1, 0.15) is 5.82 Å². The Morgan fingerprint density at radius 3 is 2.74 bits per heavy atom. The topological polar surface area (TPSA) is 36.4 Å². The fourth-order valence-electron chi connectivity index (χ4n) is 1.98.